The highest BCUT2D eigenvalue weighted by Crippen LogP contribution is 1.88. The lowest BCUT2D eigenvalue weighted by molar-refractivity contribution is -0.110. The van der Waals surface area contributed by atoms with Crippen LogP contribution in [0.2, 0.25) is 0 Å². The van der Waals surface area contributed by atoms with E-state index in [-0.39, 0.29) is 5.78 Å². The van der Waals surface area contributed by atoms with Crippen LogP contribution in [-0.4, -0.2) is 5.78 Å². The Kier molecular flexibility index (Phi) is 1.35. The first-order chi connectivity index (χ1) is 5.36. The first-order valence-electron chi connectivity index (χ1n) is 3.44. The summed E-state index contributed by atoms with van der Waals surface area (Å²) < 4.78 is 0. The molecule has 0 saturated carbocycles. The van der Waals surface area contributed by atoms with E-state index in [2.05, 4.69) is 6.42 Å². The lowest BCUT2D eigenvalue weighted by Gasteiger charge is -1.95. The molecule has 11 heavy (non-hydrogen) atoms. The van der Waals surface area contributed by atoms with Crippen LogP contribution >= 0.6 is 0 Å². The molecular formula is C10H6O. The number of fused-ring (bicyclic) bond motifs is 1. The average molecular weight is 142 g/mol. The van der Waals surface area contributed by atoms with E-state index in [4.69, 9.17) is 0 Å². The molecule has 1 aromatic rings. The summed E-state index contributed by atoms with van der Waals surface area (Å²) in [6.45, 7) is 0. The van der Waals surface area contributed by atoms with Crippen LogP contribution < -0.4 is 10.4 Å². The quantitative estimate of drug-likeness (QED) is 0.495. The van der Waals surface area contributed by atoms with Crippen LogP contribution in [0.15, 0.2) is 24.3 Å². The minimum atomic E-state index is -0.0521. The first kappa shape index (κ1) is 6.35. The number of Topliss-reactive ketones (excluding diaryl/α,β-unsaturated/α-hetero) is 1. The van der Waals surface area contributed by atoms with Crippen molar-refractivity contribution in [1.82, 2.24) is 0 Å². The van der Waals surface area contributed by atoms with Gasteiger partial charge in [0.15, 0.2) is 5.78 Å². The van der Waals surface area contributed by atoms with Crippen LogP contribution in [0.5, 0.6) is 0 Å². The molecule has 0 spiro atoms. The smallest absolute Gasteiger partial charge is 0.169 e. The molecule has 0 saturated heterocycles. The molecule has 0 bridgehead atoms. The number of carbonyl (C=O) groups excluding carboxylic acids is 1. The summed E-state index contributed by atoms with van der Waals surface area (Å²) >= 11 is 0. The Morgan fingerprint density at radius 3 is 2.64 bits per heavy atom. The number of benzene rings is 1. The van der Waals surface area contributed by atoms with Crippen LogP contribution in [0.3, 0.4) is 0 Å². The van der Waals surface area contributed by atoms with Crippen molar-refractivity contribution in [2.75, 3.05) is 0 Å². The number of hydrogen-bond donors (Lipinski definition) is 0. The first-order valence-corrected chi connectivity index (χ1v) is 3.44. The molecule has 52 valence electrons. The molecule has 0 atom stereocenters. The molecule has 1 aromatic carbocycles. The lowest BCUT2D eigenvalue weighted by atomic mass is 10.1. The third-order valence-corrected chi connectivity index (χ3v) is 1.65. The van der Waals surface area contributed by atoms with Gasteiger partial charge in [0.1, 0.15) is 0 Å². The summed E-state index contributed by atoms with van der Waals surface area (Å²) in [5.41, 5.74) is 0. The van der Waals surface area contributed by atoms with E-state index in [1.54, 1.807) is 12.2 Å². The second kappa shape index (κ2) is 2.35. The number of carbonyl (C=O) groups is 1. The maximum Gasteiger partial charge on any atom is 0.169 e. The Labute approximate surface area is 64.7 Å². The zero-order valence-corrected chi connectivity index (χ0v) is 5.87. The van der Waals surface area contributed by atoms with Crippen LogP contribution in [0.1, 0.15) is 0 Å². The molecule has 2 radical (unpaired) electrons. The molecule has 0 unspecified atom stereocenters. The van der Waals surface area contributed by atoms with Crippen molar-refractivity contribution in [3.63, 3.8) is 0 Å². The van der Waals surface area contributed by atoms with Crippen molar-refractivity contribution >= 4 is 17.9 Å². The monoisotopic (exact) mass is 142 g/mol. The van der Waals surface area contributed by atoms with Crippen LogP contribution in [0.25, 0.3) is 12.2 Å². The van der Waals surface area contributed by atoms with Gasteiger partial charge in [-0.1, -0.05) is 30.3 Å². The topological polar surface area (TPSA) is 17.1 Å². The third kappa shape index (κ3) is 1.09. The largest absolute Gasteiger partial charge is 0.294 e. The Balaban J connectivity index is 2.83. The van der Waals surface area contributed by atoms with Crippen LogP contribution in [0.4, 0.5) is 0 Å². The SMILES string of the molecule is O=C1[C]C=c2ccccc2=C1. The van der Waals surface area contributed by atoms with Gasteiger partial charge >= 0.3 is 0 Å². The van der Waals surface area contributed by atoms with Gasteiger partial charge < -0.3 is 0 Å². The van der Waals surface area contributed by atoms with E-state index in [0.717, 1.165) is 10.4 Å². The predicted molar refractivity (Wildman–Crippen MR) is 42.9 cm³/mol. The van der Waals surface area contributed by atoms with Crippen molar-refractivity contribution in [2.45, 2.75) is 0 Å². The standard InChI is InChI=1S/C10H6O/c11-10-6-5-8-3-1-2-4-9(8)7-10/h1-5,7H. The summed E-state index contributed by atoms with van der Waals surface area (Å²) in [4.78, 5) is 10.8. The molecule has 1 aliphatic carbocycles. The molecule has 2 rings (SSSR count). The average Bonchev–Trinajstić information content (AvgIpc) is 2.04. The third-order valence-electron chi connectivity index (χ3n) is 1.65. The van der Waals surface area contributed by atoms with Gasteiger partial charge in [-0.25, -0.2) is 0 Å². The zero-order valence-electron chi connectivity index (χ0n) is 5.87. The molecule has 0 amide bonds. The molecule has 0 N–H and O–H groups in total. The van der Waals surface area contributed by atoms with E-state index in [0.29, 0.717) is 0 Å². The molecule has 0 fully saturated rings. The van der Waals surface area contributed by atoms with Crippen molar-refractivity contribution in [3.05, 3.63) is 41.1 Å². The predicted octanol–water partition coefficient (Wildman–Crippen LogP) is -0.0884. The molecule has 1 aliphatic rings. The molecular weight excluding hydrogens is 136 g/mol. The van der Waals surface area contributed by atoms with Crippen LogP contribution in [0, 0.1) is 6.42 Å². The summed E-state index contributed by atoms with van der Waals surface area (Å²) in [6, 6.07) is 7.75. The normalized spacial score (nSPS) is 14.7. The van der Waals surface area contributed by atoms with E-state index < -0.39 is 0 Å². The fraction of sp³-hybridized carbons (Fsp3) is 0. The minimum absolute atomic E-state index is 0.0521. The van der Waals surface area contributed by atoms with Crippen molar-refractivity contribution in [2.24, 2.45) is 0 Å². The summed E-state index contributed by atoms with van der Waals surface area (Å²) in [7, 11) is 0. The van der Waals surface area contributed by atoms with E-state index in [1.165, 1.54) is 0 Å². The highest BCUT2D eigenvalue weighted by atomic mass is 16.1. The Bertz CT molecular complexity index is 401. The maximum atomic E-state index is 10.8. The molecule has 1 nitrogen and oxygen atoms in total. The van der Waals surface area contributed by atoms with Gasteiger partial charge in [-0.2, -0.15) is 0 Å². The number of ketones is 1. The summed E-state index contributed by atoms with van der Waals surface area (Å²) in [5, 5.41) is 2.04. The van der Waals surface area contributed by atoms with E-state index in [9.17, 15) is 4.79 Å². The van der Waals surface area contributed by atoms with Gasteiger partial charge in [-0.05, 0) is 16.5 Å². The lowest BCUT2D eigenvalue weighted by Crippen LogP contribution is -2.28. The van der Waals surface area contributed by atoms with Gasteiger partial charge in [0.25, 0.3) is 0 Å². The Hall–Kier alpha value is -1.37. The second-order valence-corrected chi connectivity index (χ2v) is 2.43. The molecule has 0 heterocycles. The van der Waals surface area contributed by atoms with Gasteiger partial charge in [0.05, 0.1) is 6.42 Å². The fourth-order valence-corrected chi connectivity index (χ4v) is 1.11. The minimum Gasteiger partial charge on any atom is -0.294 e. The molecule has 0 aromatic heterocycles. The van der Waals surface area contributed by atoms with Gasteiger partial charge in [-0.3, -0.25) is 4.79 Å². The van der Waals surface area contributed by atoms with Crippen molar-refractivity contribution in [1.29, 1.82) is 0 Å². The maximum absolute atomic E-state index is 10.8. The van der Waals surface area contributed by atoms with Crippen molar-refractivity contribution < 1.29 is 4.79 Å². The highest BCUT2D eigenvalue weighted by Gasteiger charge is 1.99. The molecule has 1 heteroatoms. The van der Waals surface area contributed by atoms with E-state index >= 15 is 0 Å². The fourth-order valence-electron chi connectivity index (χ4n) is 1.11. The van der Waals surface area contributed by atoms with Gasteiger partial charge in [0.2, 0.25) is 0 Å². The van der Waals surface area contributed by atoms with E-state index in [1.807, 2.05) is 24.3 Å². The number of hydrogen-bond acceptors (Lipinski definition) is 1. The Morgan fingerprint density at radius 1 is 1.09 bits per heavy atom. The second-order valence-electron chi connectivity index (χ2n) is 2.43. The highest BCUT2D eigenvalue weighted by molar-refractivity contribution is 6.15. The van der Waals surface area contributed by atoms with Gasteiger partial charge in [0, 0.05) is 0 Å². The Morgan fingerprint density at radius 2 is 1.82 bits per heavy atom. The zero-order chi connectivity index (χ0) is 7.68. The summed E-state index contributed by atoms with van der Waals surface area (Å²) in [5.74, 6) is -0.0521. The van der Waals surface area contributed by atoms with Crippen molar-refractivity contribution in [3.8, 4) is 0 Å². The number of rotatable bonds is 0. The molecule has 0 aliphatic heterocycles. The van der Waals surface area contributed by atoms with Crippen LogP contribution in [-0.2, 0) is 4.79 Å². The van der Waals surface area contributed by atoms with Gasteiger partial charge in [-0.15, -0.1) is 0 Å². The summed E-state index contributed by atoms with van der Waals surface area (Å²) in [6.07, 6.45) is 5.93.